The molecule has 0 atom stereocenters. The van der Waals surface area contributed by atoms with Gasteiger partial charge in [0.15, 0.2) is 17.5 Å². The summed E-state index contributed by atoms with van der Waals surface area (Å²) in [5.41, 5.74) is 14.2. The van der Waals surface area contributed by atoms with Crippen LogP contribution in [0.15, 0.2) is 235 Å². The number of hydrogen-bond donors (Lipinski definition) is 0. The van der Waals surface area contributed by atoms with Gasteiger partial charge in [-0.1, -0.05) is 188 Å². The smallest absolute Gasteiger partial charge is 0.167 e. The Morgan fingerprint density at radius 3 is 1.03 bits per heavy atom. The molecule has 0 aliphatic heterocycles. The van der Waals surface area contributed by atoms with Crippen LogP contribution in [0.25, 0.3) is 89.5 Å². The fourth-order valence-electron chi connectivity index (χ4n) is 8.26. The molecule has 292 valence electrons. The van der Waals surface area contributed by atoms with Crippen molar-refractivity contribution in [3.8, 4) is 67.5 Å². The molecule has 0 unspecified atom stereocenters. The number of hydrogen-bond acceptors (Lipinski definition) is 5. The quantitative estimate of drug-likeness (QED) is 0.146. The number of fused-ring (bicyclic) bond motifs is 3. The van der Waals surface area contributed by atoms with Crippen LogP contribution in [-0.2, 0) is 0 Å². The minimum absolute atomic E-state index is 0.557. The highest BCUT2D eigenvalue weighted by molar-refractivity contribution is 6.12. The van der Waals surface area contributed by atoms with E-state index in [1.54, 1.807) is 0 Å². The molecule has 0 fully saturated rings. The predicted octanol–water partition coefficient (Wildman–Crippen LogP) is 15.2. The standard InChI is InChI=1S/C57H38N4O/c1-5-15-39(16-6-1)41-27-33-46(34-28-41)61(47-35-29-42(30-36-47)40-17-7-2-8-18-40)48-37-31-43(32-38-48)49-23-13-24-50-51-25-14-26-52(54(51)62-53(49)50)57-59-55(44-19-9-3-10-20-44)58-56(60-57)45-21-11-4-12-22-45/h1-38H. The van der Waals surface area contributed by atoms with Crippen LogP contribution in [0.4, 0.5) is 17.1 Å². The monoisotopic (exact) mass is 794 g/mol. The molecular weight excluding hydrogens is 757 g/mol. The molecule has 11 rings (SSSR count). The van der Waals surface area contributed by atoms with Crippen LogP contribution in [0.3, 0.4) is 0 Å². The van der Waals surface area contributed by atoms with Crippen molar-refractivity contribution in [1.29, 1.82) is 0 Å². The van der Waals surface area contributed by atoms with Gasteiger partial charge in [-0.25, -0.2) is 15.0 Å². The summed E-state index contributed by atoms with van der Waals surface area (Å²) in [5, 5.41) is 2.03. The summed E-state index contributed by atoms with van der Waals surface area (Å²) in [6.45, 7) is 0. The zero-order valence-corrected chi connectivity index (χ0v) is 33.6. The van der Waals surface area contributed by atoms with Gasteiger partial charge >= 0.3 is 0 Å². The van der Waals surface area contributed by atoms with Crippen LogP contribution < -0.4 is 4.90 Å². The molecule has 5 nitrogen and oxygen atoms in total. The van der Waals surface area contributed by atoms with Crippen molar-refractivity contribution < 1.29 is 4.42 Å². The SMILES string of the molecule is c1ccc(-c2ccc(N(c3ccc(-c4ccccc4)cc3)c3ccc(-c4cccc5c4oc4c(-c6nc(-c7ccccc7)nc(-c7ccccc7)n6)cccc45)cc3)cc2)cc1. The molecule has 0 spiro atoms. The number of anilines is 3. The maximum Gasteiger partial charge on any atom is 0.167 e. The van der Waals surface area contributed by atoms with E-state index in [0.717, 1.165) is 66.8 Å². The zero-order valence-electron chi connectivity index (χ0n) is 33.6. The van der Waals surface area contributed by atoms with E-state index in [4.69, 9.17) is 19.4 Å². The lowest BCUT2D eigenvalue weighted by Crippen LogP contribution is -2.09. The van der Waals surface area contributed by atoms with E-state index >= 15 is 0 Å². The number of benzene rings is 9. The molecule has 5 heteroatoms. The highest BCUT2D eigenvalue weighted by Crippen LogP contribution is 2.42. The maximum absolute atomic E-state index is 6.92. The van der Waals surface area contributed by atoms with Crippen molar-refractivity contribution >= 4 is 39.0 Å². The van der Waals surface area contributed by atoms with Gasteiger partial charge in [-0.15, -0.1) is 0 Å². The Morgan fingerprint density at radius 1 is 0.258 bits per heavy atom. The van der Waals surface area contributed by atoms with Crippen LogP contribution >= 0.6 is 0 Å². The first-order chi connectivity index (χ1) is 30.7. The fourth-order valence-corrected chi connectivity index (χ4v) is 8.26. The van der Waals surface area contributed by atoms with E-state index in [1.165, 1.54) is 22.3 Å². The molecule has 0 radical (unpaired) electrons. The Hall–Kier alpha value is -8.41. The molecule has 2 heterocycles. The fraction of sp³-hybridized carbons (Fsp3) is 0. The minimum Gasteiger partial charge on any atom is -0.455 e. The van der Waals surface area contributed by atoms with Crippen molar-refractivity contribution in [3.63, 3.8) is 0 Å². The molecule has 0 aliphatic carbocycles. The summed E-state index contributed by atoms with van der Waals surface area (Å²) >= 11 is 0. The van der Waals surface area contributed by atoms with Gasteiger partial charge in [0.2, 0.25) is 0 Å². The molecule has 0 amide bonds. The first kappa shape index (κ1) is 36.7. The van der Waals surface area contributed by atoms with Crippen molar-refractivity contribution in [1.82, 2.24) is 15.0 Å². The number of furan rings is 1. The molecule has 2 aromatic heterocycles. The molecule has 0 saturated carbocycles. The Kier molecular flexibility index (Phi) is 9.45. The molecule has 0 N–H and O–H groups in total. The van der Waals surface area contributed by atoms with Gasteiger partial charge in [-0.2, -0.15) is 0 Å². The predicted molar refractivity (Wildman–Crippen MR) is 254 cm³/mol. The lowest BCUT2D eigenvalue weighted by molar-refractivity contribution is 0.670. The third kappa shape index (κ3) is 6.97. The largest absolute Gasteiger partial charge is 0.455 e. The Balaban J connectivity index is 0.989. The Morgan fingerprint density at radius 2 is 0.597 bits per heavy atom. The highest BCUT2D eigenvalue weighted by atomic mass is 16.3. The van der Waals surface area contributed by atoms with Gasteiger partial charge in [0, 0.05) is 44.5 Å². The molecule has 62 heavy (non-hydrogen) atoms. The van der Waals surface area contributed by atoms with E-state index in [9.17, 15) is 0 Å². The summed E-state index contributed by atoms with van der Waals surface area (Å²) < 4.78 is 6.92. The molecule has 0 aliphatic rings. The summed E-state index contributed by atoms with van der Waals surface area (Å²) in [7, 11) is 0. The van der Waals surface area contributed by atoms with Gasteiger partial charge in [-0.05, 0) is 70.3 Å². The Bertz CT molecular complexity index is 3160. The highest BCUT2D eigenvalue weighted by Gasteiger charge is 2.20. The first-order valence-electron chi connectivity index (χ1n) is 20.8. The number of aromatic nitrogens is 3. The van der Waals surface area contributed by atoms with Crippen molar-refractivity contribution in [3.05, 3.63) is 231 Å². The lowest BCUT2D eigenvalue weighted by Gasteiger charge is -2.26. The van der Waals surface area contributed by atoms with E-state index in [1.807, 2.05) is 66.7 Å². The van der Waals surface area contributed by atoms with Gasteiger partial charge in [0.25, 0.3) is 0 Å². The van der Waals surface area contributed by atoms with Gasteiger partial charge in [0.05, 0.1) is 5.56 Å². The molecule has 0 bridgehead atoms. The summed E-state index contributed by atoms with van der Waals surface area (Å²) in [4.78, 5) is 17.3. The topological polar surface area (TPSA) is 55.1 Å². The molecule has 11 aromatic rings. The van der Waals surface area contributed by atoms with Crippen LogP contribution in [-0.4, -0.2) is 15.0 Å². The van der Waals surface area contributed by atoms with Gasteiger partial charge < -0.3 is 9.32 Å². The second-order valence-corrected chi connectivity index (χ2v) is 15.2. The summed E-state index contributed by atoms with van der Waals surface area (Å²) in [5.74, 6) is 1.77. The van der Waals surface area contributed by atoms with E-state index in [2.05, 4.69) is 169 Å². The van der Waals surface area contributed by atoms with E-state index < -0.39 is 0 Å². The zero-order chi connectivity index (χ0) is 41.2. The second-order valence-electron chi connectivity index (χ2n) is 15.2. The van der Waals surface area contributed by atoms with Crippen molar-refractivity contribution in [2.24, 2.45) is 0 Å². The van der Waals surface area contributed by atoms with E-state index in [-0.39, 0.29) is 0 Å². The summed E-state index contributed by atoms with van der Waals surface area (Å²) in [6, 6.07) is 80.0. The van der Waals surface area contributed by atoms with Crippen LogP contribution in [0.2, 0.25) is 0 Å². The van der Waals surface area contributed by atoms with Crippen LogP contribution in [0.1, 0.15) is 0 Å². The Labute approximate surface area is 359 Å². The van der Waals surface area contributed by atoms with Crippen LogP contribution in [0.5, 0.6) is 0 Å². The minimum atomic E-state index is 0.557. The summed E-state index contributed by atoms with van der Waals surface area (Å²) in [6.07, 6.45) is 0. The number of para-hydroxylation sites is 2. The van der Waals surface area contributed by atoms with E-state index in [0.29, 0.717) is 17.5 Å². The number of rotatable bonds is 9. The van der Waals surface area contributed by atoms with Crippen molar-refractivity contribution in [2.75, 3.05) is 4.90 Å². The molecular formula is C57H38N4O. The lowest BCUT2D eigenvalue weighted by atomic mass is 10.0. The third-order valence-corrected chi connectivity index (χ3v) is 11.4. The number of nitrogens with zero attached hydrogens (tertiary/aromatic N) is 4. The molecule has 0 saturated heterocycles. The average molecular weight is 795 g/mol. The third-order valence-electron chi connectivity index (χ3n) is 11.4. The molecule has 9 aromatic carbocycles. The average Bonchev–Trinajstić information content (AvgIpc) is 3.75. The second kappa shape index (κ2) is 16.0. The first-order valence-corrected chi connectivity index (χ1v) is 20.8. The normalized spacial score (nSPS) is 11.2. The van der Waals surface area contributed by atoms with Gasteiger partial charge in [0.1, 0.15) is 11.2 Å². The maximum atomic E-state index is 6.92. The van der Waals surface area contributed by atoms with Gasteiger partial charge in [-0.3, -0.25) is 0 Å². The van der Waals surface area contributed by atoms with Crippen LogP contribution in [0, 0.1) is 0 Å². The van der Waals surface area contributed by atoms with Crippen molar-refractivity contribution in [2.45, 2.75) is 0 Å².